The van der Waals surface area contributed by atoms with Crippen LogP contribution in [0.3, 0.4) is 0 Å². The molecule has 0 unspecified atom stereocenters. The standard InChI is InChI=1S/C26H21N5O5/c1-35-18-3-2-16-12-31(23(32)20(16)10-18)14-26(24(33)29-25(34)30-26)21-11-19-17(13-36-21)6-9-28-22(19)15-4-7-27-8-5-15/h2-11H,12-14H2,1H3,(H2,29,30,33,34)/t26-/m0/s1. The molecule has 1 saturated heterocycles. The van der Waals surface area contributed by atoms with Gasteiger partial charge in [0.2, 0.25) is 0 Å². The number of rotatable bonds is 5. The predicted molar refractivity (Wildman–Crippen MR) is 127 cm³/mol. The molecule has 4 amide bonds. The van der Waals surface area contributed by atoms with Crippen molar-refractivity contribution in [1.82, 2.24) is 25.5 Å². The topological polar surface area (TPSA) is 123 Å². The van der Waals surface area contributed by atoms with Gasteiger partial charge in [-0.1, -0.05) is 6.07 Å². The molecule has 180 valence electrons. The summed E-state index contributed by atoms with van der Waals surface area (Å²) < 4.78 is 11.3. The zero-order chi connectivity index (χ0) is 24.9. The van der Waals surface area contributed by atoms with Crippen molar-refractivity contribution in [2.75, 3.05) is 13.7 Å². The number of imide groups is 1. The van der Waals surface area contributed by atoms with E-state index in [2.05, 4.69) is 20.6 Å². The second kappa shape index (κ2) is 8.19. The van der Waals surface area contributed by atoms with Gasteiger partial charge in [0.05, 0.1) is 19.3 Å². The van der Waals surface area contributed by atoms with Gasteiger partial charge in [-0.05, 0) is 42.0 Å². The van der Waals surface area contributed by atoms with Gasteiger partial charge < -0.3 is 19.7 Å². The van der Waals surface area contributed by atoms with Gasteiger partial charge in [-0.15, -0.1) is 0 Å². The number of urea groups is 1. The van der Waals surface area contributed by atoms with E-state index in [9.17, 15) is 14.4 Å². The van der Waals surface area contributed by atoms with Crippen LogP contribution >= 0.6 is 0 Å². The number of carbonyl (C=O) groups excluding carboxylic acids is 3. The van der Waals surface area contributed by atoms with E-state index < -0.39 is 17.5 Å². The van der Waals surface area contributed by atoms with E-state index in [0.717, 1.165) is 22.3 Å². The van der Waals surface area contributed by atoms with Gasteiger partial charge in [0.25, 0.3) is 11.8 Å². The van der Waals surface area contributed by atoms with Crippen LogP contribution in [0, 0.1) is 0 Å². The van der Waals surface area contributed by atoms with Crippen LogP contribution in [0.5, 0.6) is 5.75 Å². The van der Waals surface area contributed by atoms with Crippen molar-refractivity contribution in [2.45, 2.75) is 18.7 Å². The Morgan fingerprint density at radius 2 is 1.92 bits per heavy atom. The molecule has 0 radical (unpaired) electrons. The van der Waals surface area contributed by atoms with Gasteiger partial charge in [-0.25, -0.2) is 4.79 Å². The number of hydrogen-bond donors (Lipinski definition) is 2. The van der Waals surface area contributed by atoms with Crippen molar-refractivity contribution >= 4 is 23.9 Å². The number of fused-ring (bicyclic) bond motifs is 2. The van der Waals surface area contributed by atoms with E-state index in [1.54, 1.807) is 36.8 Å². The summed E-state index contributed by atoms with van der Waals surface area (Å²) in [5.74, 6) is -0.0364. The number of amides is 4. The smallest absolute Gasteiger partial charge is 0.322 e. The average molecular weight is 483 g/mol. The Hall–Kier alpha value is -4.73. The van der Waals surface area contributed by atoms with Gasteiger partial charge in [0.15, 0.2) is 5.54 Å². The van der Waals surface area contributed by atoms with E-state index in [-0.39, 0.29) is 31.4 Å². The maximum atomic E-state index is 13.3. The second-order valence-corrected chi connectivity index (χ2v) is 8.76. The number of pyridine rings is 2. The maximum Gasteiger partial charge on any atom is 0.322 e. The first-order valence-corrected chi connectivity index (χ1v) is 11.3. The number of aromatic nitrogens is 2. The summed E-state index contributed by atoms with van der Waals surface area (Å²) in [4.78, 5) is 49.0. The fraction of sp³-hybridized carbons (Fsp3) is 0.192. The molecule has 10 heteroatoms. The first-order chi connectivity index (χ1) is 17.5. The fourth-order valence-electron chi connectivity index (χ4n) is 4.85. The molecule has 1 atom stereocenters. The van der Waals surface area contributed by atoms with E-state index in [4.69, 9.17) is 9.47 Å². The first kappa shape index (κ1) is 21.8. The Morgan fingerprint density at radius 3 is 2.67 bits per heavy atom. The minimum Gasteiger partial charge on any atom is -0.497 e. The van der Waals surface area contributed by atoms with Gasteiger partial charge in [-0.3, -0.25) is 24.9 Å². The molecule has 1 fully saturated rings. The van der Waals surface area contributed by atoms with Crippen LogP contribution in [0.1, 0.15) is 27.0 Å². The molecule has 3 aliphatic rings. The quantitative estimate of drug-likeness (QED) is 0.534. The number of hydrogen-bond acceptors (Lipinski definition) is 7. The molecule has 2 aromatic heterocycles. The van der Waals surface area contributed by atoms with Crippen LogP contribution in [0.25, 0.3) is 17.3 Å². The molecule has 6 rings (SSSR count). The molecule has 0 spiro atoms. The highest BCUT2D eigenvalue weighted by atomic mass is 16.5. The molecule has 10 nitrogen and oxygen atoms in total. The van der Waals surface area contributed by atoms with Gasteiger partial charge in [0.1, 0.15) is 18.1 Å². The van der Waals surface area contributed by atoms with Crippen LogP contribution in [-0.2, 0) is 22.7 Å². The third-order valence-electron chi connectivity index (χ3n) is 6.68. The Bertz CT molecular complexity index is 1450. The van der Waals surface area contributed by atoms with Crippen molar-refractivity contribution in [1.29, 1.82) is 0 Å². The normalized spacial score (nSPS) is 20.2. The minimum atomic E-state index is -1.60. The molecule has 5 heterocycles. The number of ether oxygens (including phenoxy) is 2. The summed E-state index contributed by atoms with van der Waals surface area (Å²) in [5.41, 5.74) is 2.94. The maximum absolute atomic E-state index is 13.3. The van der Waals surface area contributed by atoms with Gasteiger partial charge in [0, 0.05) is 47.4 Å². The predicted octanol–water partition coefficient (Wildman–Crippen LogP) is 2.26. The van der Waals surface area contributed by atoms with E-state index in [1.807, 2.05) is 24.3 Å². The zero-order valence-corrected chi connectivity index (χ0v) is 19.3. The highest BCUT2D eigenvalue weighted by Gasteiger charge is 2.54. The Labute approximate surface area is 205 Å². The number of nitrogens with one attached hydrogen (secondary N) is 2. The summed E-state index contributed by atoms with van der Waals surface area (Å²) >= 11 is 0. The third kappa shape index (κ3) is 3.37. The van der Waals surface area contributed by atoms with Crippen molar-refractivity contribution in [3.05, 3.63) is 83.0 Å². The third-order valence-corrected chi connectivity index (χ3v) is 6.68. The number of methoxy groups -OCH3 is 1. The first-order valence-electron chi connectivity index (χ1n) is 11.3. The summed E-state index contributed by atoms with van der Waals surface area (Å²) in [6.45, 7) is 0.362. The van der Waals surface area contributed by atoms with Crippen molar-refractivity contribution in [3.63, 3.8) is 0 Å². The lowest BCUT2D eigenvalue weighted by Gasteiger charge is -2.34. The molecule has 3 aliphatic heterocycles. The van der Waals surface area contributed by atoms with Crippen LogP contribution in [0.4, 0.5) is 4.79 Å². The Morgan fingerprint density at radius 1 is 1.08 bits per heavy atom. The Balaban J connectivity index is 1.41. The van der Waals surface area contributed by atoms with Crippen LogP contribution < -0.4 is 15.4 Å². The van der Waals surface area contributed by atoms with E-state index >= 15 is 0 Å². The largest absolute Gasteiger partial charge is 0.497 e. The molecule has 0 aliphatic carbocycles. The van der Waals surface area contributed by atoms with E-state index in [1.165, 1.54) is 12.0 Å². The number of carbonyl (C=O) groups is 3. The molecule has 1 aromatic carbocycles. The van der Waals surface area contributed by atoms with Crippen LogP contribution in [0.2, 0.25) is 0 Å². The highest BCUT2D eigenvalue weighted by molar-refractivity contribution is 6.10. The average Bonchev–Trinajstić information content (AvgIpc) is 3.38. The zero-order valence-electron chi connectivity index (χ0n) is 19.3. The lowest BCUT2D eigenvalue weighted by molar-refractivity contribution is -0.124. The summed E-state index contributed by atoms with van der Waals surface area (Å²) in [7, 11) is 1.53. The van der Waals surface area contributed by atoms with Crippen molar-refractivity contribution < 1.29 is 23.9 Å². The molecule has 2 N–H and O–H groups in total. The summed E-state index contributed by atoms with van der Waals surface area (Å²) in [5, 5.41) is 5.04. The molecule has 0 bridgehead atoms. The van der Waals surface area contributed by atoms with Gasteiger partial charge >= 0.3 is 6.03 Å². The van der Waals surface area contributed by atoms with E-state index in [0.29, 0.717) is 17.0 Å². The summed E-state index contributed by atoms with van der Waals surface area (Å²) in [6.07, 6.45) is 6.78. The minimum absolute atomic E-state index is 0.105. The van der Waals surface area contributed by atoms with Crippen LogP contribution in [0.15, 0.2) is 60.7 Å². The molecule has 3 aromatic rings. The highest BCUT2D eigenvalue weighted by Crippen LogP contribution is 2.37. The molecular formula is C26H21N5O5. The number of nitrogens with zero attached hydrogens (tertiary/aromatic N) is 3. The molecule has 36 heavy (non-hydrogen) atoms. The molecule has 0 saturated carbocycles. The lowest BCUT2D eigenvalue weighted by Crippen LogP contribution is -2.57. The molecular weight excluding hydrogens is 462 g/mol. The fourth-order valence-corrected chi connectivity index (χ4v) is 4.85. The van der Waals surface area contributed by atoms with Gasteiger partial charge in [-0.2, -0.15) is 0 Å². The monoisotopic (exact) mass is 483 g/mol. The van der Waals surface area contributed by atoms with Crippen LogP contribution in [-0.4, -0.2) is 51.9 Å². The lowest BCUT2D eigenvalue weighted by atomic mass is 9.90. The van der Waals surface area contributed by atoms with Crippen molar-refractivity contribution in [3.8, 4) is 17.0 Å². The second-order valence-electron chi connectivity index (χ2n) is 8.76. The number of benzene rings is 1. The SMILES string of the molecule is COc1ccc2c(c1)C(=O)N(C[C@@]1(C3=Cc4c(ccnc4-c4ccncc4)CO3)NC(=O)NC1=O)C2. The van der Waals surface area contributed by atoms with Crippen molar-refractivity contribution in [2.24, 2.45) is 0 Å². The Kier molecular flexibility index (Phi) is 4.96. The summed E-state index contributed by atoms with van der Waals surface area (Å²) in [6, 6.07) is 10.2.